The summed E-state index contributed by atoms with van der Waals surface area (Å²) in [7, 11) is 0. The summed E-state index contributed by atoms with van der Waals surface area (Å²) in [6.07, 6.45) is 35.9. The molecule has 0 saturated carbocycles. The molecule has 0 aliphatic carbocycles. The van der Waals surface area contributed by atoms with Gasteiger partial charge >= 0.3 is 0 Å². The predicted octanol–water partition coefficient (Wildman–Crippen LogP) is 11.5. The molecule has 0 radical (unpaired) electrons. The molecule has 0 aliphatic rings. The second kappa shape index (κ2) is 24.1. The van der Waals surface area contributed by atoms with Gasteiger partial charge in [0.05, 0.1) is 0 Å². The van der Waals surface area contributed by atoms with Crippen molar-refractivity contribution in [3.63, 3.8) is 0 Å². The fourth-order valence-electron chi connectivity index (χ4n) is 4.74. The monoisotopic (exact) mass is 432 g/mol. The molecule has 0 amide bonds. The largest absolute Gasteiger partial charge is 0.0885 e. The number of unbranched alkanes of at least 4 members (excludes halogenated alkanes) is 8. The Morgan fingerprint density at radius 2 is 0.903 bits per heavy atom. The van der Waals surface area contributed by atoms with Crippen LogP contribution in [0.25, 0.3) is 0 Å². The molecular formula is C31H60. The van der Waals surface area contributed by atoms with Crippen LogP contribution in [0.3, 0.4) is 0 Å². The molecule has 0 bridgehead atoms. The highest BCUT2D eigenvalue weighted by molar-refractivity contribution is 4.86. The lowest BCUT2D eigenvalue weighted by molar-refractivity contribution is 0.287. The Morgan fingerprint density at radius 1 is 0.452 bits per heavy atom. The molecule has 0 rings (SSSR count). The third kappa shape index (κ3) is 21.1. The van der Waals surface area contributed by atoms with E-state index in [9.17, 15) is 0 Å². The molecule has 0 aliphatic heterocycles. The molecule has 184 valence electrons. The Hall–Kier alpha value is -0.520. The average Bonchev–Trinajstić information content (AvgIpc) is 2.76. The number of allylic oxidation sites excluding steroid dienone is 4. The summed E-state index contributed by atoms with van der Waals surface area (Å²) >= 11 is 0. The van der Waals surface area contributed by atoms with Gasteiger partial charge in [-0.3, -0.25) is 0 Å². The van der Waals surface area contributed by atoms with Gasteiger partial charge in [0.15, 0.2) is 0 Å². The molecule has 0 heterocycles. The van der Waals surface area contributed by atoms with Gasteiger partial charge in [-0.05, 0) is 69.1 Å². The summed E-state index contributed by atoms with van der Waals surface area (Å²) in [5, 5.41) is 0. The molecule has 2 unspecified atom stereocenters. The number of hydrogen-bond donors (Lipinski definition) is 0. The van der Waals surface area contributed by atoms with Crippen LogP contribution in [0.15, 0.2) is 24.3 Å². The van der Waals surface area contributed by atoms with Crippen LogP contribution in [-0.4, -0.2) is 0 Å². The minimum Gasteiger partial charge on any atom is -0.0885 e. The summed E-state index contributed by atoms with van der Waals surface area (Å²) in [6, 6.07) is 0. The predicted molar refractivity (Wildman–Crippen MR) is 145 cm³/mol. The van der Waals surface area contributed by atoms with Gasteiger partial charge in [-0.25, -0.2) is 0 Å². The summed E-state index contributed by atoms with van der Waals surface area (Å²) in [4.78, 5) is 0. The van der Waals surface area contributed by atoms with Crippen LogP contribution in [0.5, 0.6) is 0 Å². The van der Waals surface area contributed by atoms with E-state index in [-0.39, 0.29) is 0 Å². The van der Waals surface area contributed by atoms with Gasteiger partial charge in [-0.15, -0.1) is 0 Å². The van der Waals surface area contributed by atoms with E-state index in [0.29, 0.717) is 0 Å². The fourth-order valence-corrected chi connectivity index (χ4v) is 4.74. The second-order valence-corrected chi connectivity index (χ2v) is 10.4. The van der Waals surface area contributed by atoms with Crippen molar-refractivity contribution in [3.05, 3.63) is 24.3 Å². The van der Waals surface area contributed by atoms with Crippen molar-refractivity contribution in [2.45, 2.75) is 157 Å². The quantitative estimate of drug-likeness (QED) is 0.111. The lowest BCUT2D eigenvalue weighted by atomic mass is 9.82. The van der Waals surface area contributed by atoms with E-state index in [1.807, 2.05) is 0 Å². The molecule has 31 heavy (non-hydrogen) atoms. The van der Waals surface area contributed by atoms with Crippen molar-refractivity contribution in [3.8, 4) is 0 Å². The highest BCUT2D eigenvalue weighted by atomic mass is 14.2. The molecule has 0 aromatic heterocycles. The van der Waals surface area contributed by atoms with Gasteiger partial charge in [0.1, 0.15) is 0 Å². The molecule has 0 aromatic carbocycles. The first-order chi connectivity index (χ1) is 15.2. The summed E-state index contributed by atoms with van der Waals surface area (Å²) in [5.41, 5.74) is 0. The molecule has 2 atom stereocenters. The van der Waals surface area contributed by atoms with Crippen molar-refractivity contribution in [1.29, 1.82) is 0 Å². The first-order valence-electron chi connectivity index (χ1n) is 14.5. The number of rotatable bonds is 23. The highest BCUT2D eigenvalue weighted by Crippen LogP contribution is 2.29. The highest BCUT2D eigenvalue weighted by Gasteiger charge is 2.16. The smallest absolute Gasteiger partial charge is 0.0348 e. The van der Waals surface area contributed by atoms with E-state index >= 15 is 0 Å². The van der Waals surface area contributed by atoms with Crippen LogP contribution in [0.4, 0.5) is 0 Å². The van der Waals surface area contributed by atoms with E-state index in [1.54, 1.807) is 0 Å². The molecular weight excluding hydrogens is 372 g/mol. The van der Waals surface area contributed by atoms with E-state index in [4.69, 9.17) is 0 Å². The van der Waals surface area contributed by atoms with Crippen molar-refractivity contribution >= 4 is 0 Å². The molecule has 0 N–H and O–H groups in total. The summed E-state index contributed by atoms with van der Waals surface area (Å²) in [6.45, 7) is 11.9. The first kappa shape index (κ1) is 30.5. The Morgan fingerprint density at radius 3 is 1.42 bits per heavy atom. The van der Waals surface area contributed by atoms with Crippen LogP contribution in [0.2, 0.25) is 0 Å². The topological polar surface area (TPSA) is 0 Å². The lowest BCUT2D eigenvalue weighted by Crippen LogP contribution is -2.12. The number of hydrogen-bond acceptors (Lipinski definition) is 0. The Labute approximate surface area is 198 Å². The van der Waals surface area contributed by atoms with Gasteiger partial charge in [0.25, 0.3) is 0 Å². The second-order valence-electron chi connectivity index (χ2n) is 10.4. The van der Waals surface area contributed by atoms with E-state index in [1.165, 1.54) is 122 Å². The van der Waals surface area contributed by atoms with Crippen LogP contribution in [0, 0.1) is 17.8 Å². The Balaban J connectivity index is 4.31. The fraction of sp³-hybridized carbons (Fsp3) is 0.871. The van der Waals surface area contributed by atoms with Crippen molar-refractivity contribution in [1.82, 2.24) is 0 Å². The third-order valence-electron chi connectivity index (χ3n) is 7.15. The molecule has 0 nitrogen and oxygen atoms in total. The summed E-state index contributed by atoms with van der Waals surface area (Å²) in [5.74, 6) is 2.70. The maximum atomic E-state index is 2.54. The molecule has 0 spiro atoms. The van der Waals surface area contributed by atoms with Gasteiger partial charge in [-0.2, -0.15) is 0 Å². The SMILES string of the molecule is CCCCC/C=C/CCC(CC/C=C/CCCCC)C(C)CCCC(C)CCCCC. The lowest BCUT2D eigenvalue weighted by Gasteiger charge is -2.24. The molecule has 0 aromatic rings. The van der Waals surface area contributed by atoms with E-state index in [2.05, 4.69) is 58.9 Å². The maximum absolute atomic E-state index is 2.54. The average molecular weight is 433 g/mol. The third-order valence-corrected chi connectivity index (χ3v) is 7.15. The van der Waals surface area contributed by atoms with E-state index in [0.717, 1.165) is 17.8 Å². The van der Waals surface area contributed by atoms with Crippen molar-refractivity contribution in [2.75, 3.05) is 0 Å². The van der Waals surface area contributed by atoms with Crippen LogP contribution in [-0.2, 0) is 0 Å². The zero-order chi connectivity index (χ0) is 23.0. The Bertz CT molecular complexity index is 367. The summed E-state index contributed by atoms with van der Waals surface area (Å²) < 4.78 is 0. The van der Waals surface area contributed by atoms with Crippen LogP contribution < -0.4 is 0 Å². The van der Waals surface area contributed by atoms with Gasteiger partial charge in [0, 0.05) is 0 Å². The van der Waals surface area contributed by atoms with Gasteiger partial charge < -0.3 is 0 Å². The van der Waals surface area contributed by atoms with Crippen molar-refractivity contribution < 1.29 is 0 Å². The van der Waals surface area contributed by atoms with Crippen LogP contribution in [0.1, 0.15) is 157 Å². The molecule has 0 heteroatoms. The van der Waals surface area contributed by atoms with E-state index < -0.39 is 0 Å². The van der Waals surface area contributed by atoms with Gasteiger partial charge in [-0.1, -0.05) is 130 Å². The minimum absolute atomic E-state index is 0.879. The Kier molecular flexibility index (Phi) is 23.7. The zero-order valence-corrected chi connectivity index (χ0v) is 22.5. The standard InChI is InChI=1S/C31H60/c1-6-9-12-14-16-18-21-27-31(28-22-19-17-15-13-10-7-2)30(5)26-23-25-29(4)24-20-11-8-3/h16-19,29-31H,6-15,20-28H2,1-5H3/b18-16+,19-17+. The maximum Gasteiger partial charge on any atom is -0.0348 e. The zero-order valence-electron chi connectivity index (χ0n) is 22.5. The van der Waals surface area contributed by atoms with Gasteiger partial charge in [0.2, 0.25) is 0 Å². The van der Waals surface area contributed by atoms with Crippen molar-refractivity contribution in [2.24, 2.45) is 17.8 Å². The molecule has 0 fully saturated rings. The minimum atomic E-state index is 0.879. The first-order valence-corrected chi connectivity index (χ1v) is 14.5. The normalized spacial score (nSPS) is 14.3. The van der Waals surface area contributed by atoms with Crippen LogP contribution >= 0.6 is 0 Å². The molecule has 0 saturated heterocycles.